The predicted octanol–water partition coefficient (Wildman–Crippen LogP) is 2.22. The lowest BCUT2D eigenvalue weighted by atomic mass is 10.2. The lowest BCUT2D eigenvalue weighted by Gasteiger charge is -2.06. The minimum Gasteiger partial charge on any atom is -0.319 e. The maximum absolute atomic E-state index is 13.0. The maximum atomic E-state index is 13.0. The molecule has 6 heteroatoms. The van der Waals surface area contributed by atoms with Crippen molar-refractivity contribution in [3.8, 4) is 12.1 Å². The highest BCUT2D eigenvalue weighted by Gasteiger charge is 2.11. The van der Waals surface area contributed by atoms with Gasteiger partial charge in [0.2, 0.25) is 0 Å². The van der Waals surface area contributed by atoms with E-state index in [-0.39, 0.29) is 16.9 Å². The number of carbonyl (C=O) groups excluding carboxylic acids is 1. The van der Waals surface area contributed by atoms with Crippen molar-refractivity contribution in [2.45, 2.75) is 0 Å². The minimum absolute atomic E-state index is 0.0204. The second kappa shape index (κ2) is 5.59. The molecule has 0 saturated heterocycles. The molecule has 1 heterocycles. The standard InChI is InChI=1S/C14H7FN4O/c15-11-2-4-12(10(5-11)7-17)19-14(20)13-3-1-9(6-16)8-18-13/h1-5,8H,(H,19,20). The molecule has 2 rings (SSSR count). The number of aromatic nitrogens is 1. The summed E-state index contributed by atoms with van der Waals surface area (Å²) in [7, 11) is 0. The Morgan fingerprint density at radius 2 is 2.00 bits per heavy atom. The number of nitrogens with one attached hydrogen (secondary N) is 1. The van der Waals surface area contributed by atoms with Crippen LogP contribution in [0.25, 0.3) is 0 Å². The molecule has 0 aliphatic rings. The first-order chi connectivity index (χ1) is 9.63. The van der Waals surface area contributed by atoms with Crippen molar-refractivity contribution in [3.63, 3.8) is 0 Å². The van der Waals surface area contributed by atoms with Gasteiger partial charge in [-0.25, -0.2) is 9.37 Å². The van der Waals surface area contributed by atoms with Crippen LogP contribution in [0.5, 0.6) is 0 Å². The molecule has 0 aliphatic heterocycles. The average molecular weight is 266 g/mol. The van der Waals surface area contributed by atoms with Gasteiger partial charge in [0.1, 0.15) is 23.6 Å². The zero-order valence-corrected chi connectivity index (χ0v) is 10.1. The molecule has 20 heavy (non-hydrogen) atoms. The summed E-state index contributed by atoms with van der Waals surface area (Å²) in [6, 6.07) is 10.0. The van der Waals surface area contributed by atoms with Gasteiger partial charge in [-0.15, -0.1) is 0 Å². The number of carbonyl (C=O) groups is 1. The molecule has 1 N–H and O–H groups in total. The van der Waals surface area contributed by atoms with Gasteiger partial charge in [0.15, 0.2) is 0 Å². The maximum Gasteiger partial charge on any atom is 0.274 e. The van der Waals surface area contributed by atoms with E-state index < -0.39 is 11.7 Å². The smallest absolute Gasteiger partial charge is 0.274 e. The molecule has 0 unspecified atom stereocenters. The summed E-state index contributed by atoms with van der Waals surface area (Å²) in [5.41, 5.74) is 0.648. The summed E-state index contributed by atoms with van der Waals surface area (Å²) in [6.45, 7) is 0. The number of pyridine rings is 1. The Morgan fingerprint density at radius 1 is 1.20 bits per heavy atom. The van der Waals surface area contributed by atoms with Gasteiger partial charge in [-0.1, -0.05) is 0 Å². The molecule has 1 amide bonds. The zero-order valence-electron chi connectivity index (χ0n) is 10.1. The van der Waals surface area contributed by atoms with Crippen LogP contribution >= 0.6 is 0 Å². The van der Waals surface area contributed by atoms with E-state index in [4.69, 9.17) is 10.5 Å². The van der Waals surface area contributed by atoms with E-state index >= 15 is 0 Å². The fourth-order valence-electron chi connectivity index (χ4n) is 1.50. The van der Waals surface area contributed by atoms with Crippen molar-refractivity contribution in [3.05, 3.63) is 59.2 Å². The van der Waals surface area contributed by atoms with Gasteiger partial charge in [-0.05, 0) is 30.3 Å². The molecule has 0 saturated carbocycles. The SMILES string of the molecule is N#Cc1ccc(C(=O)Nc2ccc(F)cc2C#N)nc1. The van der Waals surface area contributed by atoms with Crippen LogP contribution in [0.2, 0.25) is 0 Å². The summed E-state index contributed by atoms with van der Waals surface area (Å²) >= 11 is 0. The normalized spacial score (nSPS) is 9.35. The fraction of sp³-hybridized carbons (Fsp3) is 0. The third kappa shape index (κ3) is 2.77. The van der Waals surface area contributed by atoms with E-state index in [1.165, 1.54) is 24.4 Å². The number of rotatable bonds is 2. The molecule has 2 aromatic rings. The van der Waals surface area contributed by atoms with Gasteiger partial charge in [-0.2, -0.15) is 10.5 Å². The number of hydrogen-bond acceptors (Lipinski definition) is 4. The van der Waals surface area contributed by atoms with Crippen LogP contribution in [0.4, 0.5) is 10.1 Å². The average Bonchev–Trinajstić information content (AvgIpc) is 2.49. The Kier molecular flexibility index (Phi) is 3.69. The first-order valence-corrected chi connectivity index (χ1v) is 5.51. The van der Waals surface area contributed by atoms with Crippen molar-refractivity contribution >= 4 is 11.6 Å². The monoisotopic (exact) mass is 266 g/mol. The van der Waals surface area contributed by atoms with Crippen LogP contribution < -0.4 is 5.32 Å². The molecule has 0 radical (unpaired) electrons. The van der Waals surface area contributed by atoms with Gasteiger partial charge in [0.05, 0.1) is 16.8 Å². The molecule has 0 bridgehead atoms. The van der Waals surface area contributed by atoms with Crippen molar-refractivity contribution in [2.24, 2.45) is 0 Å². The molecule has 0 atom stereocenters. The van der Waals surface area contributed by atoms with Crippen molar-refractivity contribution < 1.29 is 9.18 Å². The first-order valence-electron chi connectivity index (χ1n) is 5.51. The van der Waals surface area contributed by atoms with Crippen molar-refractivity contribution in [2.75, 3.05) is 5.32 Å². The Labute approximate surface area is 113 Å². The van der Waals surface area contributed by atoms with Crippen molar-refractivity contribution in [1.82, 2.24) is 4.98 Å². The third-order valence-corrected chi connectivity index (χ3v) is 2.48. The molecular weight excluding hydrogens is 259 g/mol. The second-order valence-electron chi connectivity index (χ2n) is 3.80. The van der Waals surface area contributed by atoms with E-state index in [0.29, 0.717) is 5.56 Å². The first kappa shape index (κ1) is 13.2. The number of amides is 1. The van der Waals surface area contributed by atoms with Crippen LogP contribution in [0, 0.1) is 28.5 Å². The Bertz CT molecular complexity index is 741. The molecule has 0 fully saturated rings. The highest BCUT2D eigenvalue weighted by Crippen LogP contribution is 2.16. The van der Waals surface area contributed by atoms with Crippen LogP contribution in [-0.4, -0.2) is 10.9 Å². The molecule has 1 aromatic heterocycles. The topological polar surface area (TPSA) is 89.6 Å². The summed E-state index contributed by atoms with van der Waals surface area (Å²) in [5, 5.41) is 20.0. The number of nitriles is 2. The van der Waals surface area contributed by atoms with E-state index in [0.717, 1.165) is 12.1 Å². The van der Waals surface area contributed by atoms with Gasteiger partial charge in [0.25, 0.3) is 5.91 Å². The molecular formula is C14H7FN4O. The molecule has 0 aliphatic carbocycles. The lowest BCUT2D eigenvalue weighted by Crippen LogP contribution is -2.14. The number of anilines is 1. The van der Waals surface area contributed by atoms with E-state index in [9.17, 15) is 9.18 Å². The van der Waals surface area contributed by atoms with Gasteiger partial charge < -0.3 is 5.32 Å². The summed E-state index contributed by atoms with van der Waals surface area (Å²) in [6.07, 6.45) is 1.27. The second-order valence-corrected chi connectivity index (χ2v) is 3.80. The van der Waals surface area contributed by atoms with Gasteiger partial charge in [0, 0.05) is 6.20 Å². The highest BCUT2D eigenvalue weighted by atomic mass is 19.1. The summed E-state index contributed by atoms with van der Waals surface area (Å²) < 4.78 is 13.0. The van der Waals surface area contributed by atoms with Crippen LogP contribution in [0.15, 0.2) is 36.5 Å². The van der Waals surface area contributed by atoms with Crippen molar-refractivity contribution in [1.29, 1.82) is 10.5 Å². The number of nitrogens with zero attached hydrogens (tertiary/aromatic N) is 3. The van der Waals surface area contributed by atoms with Crippen LogP contribution in [0.3, 0.4) is 0 Å². The zero-order chi connectivity index (χ0) is 14.5. The van der Waals surface area contributed by atoms with E-state index in [1.807, 2.05) is 6.07 Å². The van der Waals surface area contributed by atoms with E-state index in [1.54, 1.807) is 6.07 Å². The highest BCUT2D eigenvalue weighted by molar-refractivity contribution is 6.03. The Hall–Kier alpha value is -3.25. The molecule has 1 aromatic carbocycles. The molecule has 5 nitrogen and oxygen atoms in total. The Balaban J connectivity index is 2.24. The minimum atomic E-state index is -0.559. The van der Waals surface area contributed by atoms with E-state index in [2.05, 4.69) is 10.3 Å². The molecule has 96 valence electrons. The molecule has 0 spiro atoms. The number of benzene rings is 1. The lowest BCUT2D eigenvalue weighted by molar-refractivity contribution is 0.102. The quantitative estimate of drug-likeness (QED) is 0.902. The fourth-order valence-corrected chi connectivity index (χ4v) is 1.50. The Morgan fingerprint density at radius 3 is 2.60 bits per heavy atom. The summed E-state index contributed by atoms with van der Waals surface area (Å²) in [4.78, 5) is 15.7. The van der Waals surface area contributed by atoms with Gasteiger partial charge in [-0.3, -0.25) is 4.79 Å². The van der Waals surface area contributed by atoms with Crippen LogP contribution in [-0.2, 0) is 0 Å². The number of halogens is 1. The predicted molar refractivity (Wildman–Crippen MR) is 68.0 cm³/mol. The number of hydrogen-bond donors (Lipinski definition) is 1. The van der Waals surface area contributed by atoms with Gasteiger partial charge >= 0.3 is 0 Å². The summed E-state index contributed by atoms with van der Waals surface area (Å²) in [5.74, 6) is -1.10. The largest absolute Gasteiger partial charge is 0.319 e. The van der Waals surface area contributed by atoms with Crippen LogP contribution in [0.1, 0.15) is 21.6 Å². The third-order valence-electron chi connectivity index (χ3n) is 2.48.